The molecule has 92 valence electrons. The van der Waals surface area contributed by atoms with Crippen LogP contribution in [0.4, 0.5) is 0 Å². The summed E-state index contributed by atoms with van der Waals surface area (Å²) >= 11 is 0. The van der Waals surface area contributed by atoms with Gasteiger partial charge in [-0.1, -0.05) is 0 Å². The molecule has 0 spiro atoms. The molecule has 0 aliphatic rings. The van der Waals surface area contributed by atoms with Crippen LogP contribution in [0.3, 0.4) is 0 Å². The van der Waals surface area contributed by atoms with Gasteiger partial charge in [-0.25, -0.2) is 4.79 Å². The van der Waals surface area contributed by atoms with E-state index in [1.807, 2.05) is 13.0 Å². The number of aryl methyl sites for hydroxylation is 1. The maximum absolute atomic E-state index is 11.3. The van der Waals surface area contributed by atoms with E-state index in [9.17, 15) is 9.90 Å². The fourth-order valence-corrected chi connectivity index (χ4v) is 1.84. The Morgan fingerprint density at radius 2 is 2.06 bits per heavy atom. The van der Waals surface area contributed by atoms with Gasteiger partial charge in [-0.2, -0.15) is 0 Å². The van der Waals surface area contributed by atoms with Gasteiger partial charge < -0.3 is 9.84 Å². The van der Waals surface area contributed by atoms with E-state index in [0.29, 0.717) is 11.3 Å². The number of methoxy groups -OCH3 is 1. The predicted octanol–water partition coefficient (Wildman–Crippen LogP) is 2.76. The Morgan fingerprint density at radius 1 is 1.28 bits per heavy atom. The lowest BCUT2D eigenvalue weighted by Gasteiger charge is -2.10. The second-order valence-electron chi connectivity index (χ2n) is 3.91. The average molecular weight is 243 g/mol. The number of nitrogens with zero attached hydrogens (tertiary/aromatic N) is 1. The zero-order chi connectivity index (χ0) is 13.1. The predicted molar refractivity (Wildman–Crippen MR) is 67.9 cm³/mol. The first-order valence-electron chi connectivity index (χ1n) is 5.46. The highest BCUT2D eigenvalue weighted by Crippen LogP contribution is 2.29. The molecule has 0 fully saturated rings. The molecule has 4 heteroatoms. The normalized spacial score (nSPS) is 10.1. The van der Waals surface area contributed by atoms with E-state index in [-0.39, 0.29) is 5.56 Å². The molecule has 2 aromatic rings. The first-order valence-corrected chi connectivity index (χ1v) is 5.46. The first kappa shape index (κ1) is 12.1. The number of aromatic nitrogens is 1. The van der Waals surface area contributed by atoms with E-state index >= 15 is 0 Å². The Bertz CT molecular complexity index is 593. The second-order valence-corrected chi connectivity index (χ2v) is 3.91. The Morgan fingerprint density at radius 3 is 2.67 bits per heavy atom. The van der Waals surface area contributed by atoms with E-state index in [1.165, 1.54) is 13.2 Å². The van der Waals surface area contributed by atoms with Crippen LogP contribution in [0, 0.1) is 6.92 Å². The van der Waals surface area contributed by atoms with Gasteiger partial charge in [0.25, 0.3) is 0 Å². The summed E-state index contributed by atoms with van der Waals surface area (Å²) in [6.45, 7) is 1.90. The van der Waals surface area contributed by atoms with Crippen molar-refractivity contribution >= 4 is 5.97 Å². The van der Waals surface area contributed by atoms with Crippen molar-refractivity contribution in [2.45, 2.75) is 6.92 Å². The maximum atomic E-state index is 11.3. The number of carboxylic acids is 1. The fourth-order valence-electron chi connectivity index (χ4n) is 1.84. The molecule has 18 heavy (non-hydrogen) atoms. The van der Waals surface area contributed by atoms with Crippen LogP contribution in [0.1, 0.15) is 15.9 Å². The van der Waals surface area contributed by atoms with Crippen LogP contribution >= 0.6 is 0 Å². The van der Waals surface area contributed by atoms with E-state index in [1.54, 1.807) is 24.5 Å². The van der Waals surface area contributed by atoms with Crippen molar-refractivity contribution < 1.29 is 14.6 Å². The smallest absolute Gasteiger partial charge is 0.336 e. The molecule has 2 rings (SSSR count). The molecule has 0 radical (unpaired) electrons. The van der Waals surface area contributed by atoms with Gasteiger partial charge in [0.2, 0.25) is 0 Å². The van der Waals surface area contributed by atoms with Crippen LogP contribution in [0.15, 0.2) is 36.7 Å². The summed E-state index contributed by atoms with van der Waals surface area (Å²) in [5.74, 6) is -0.442. The highest BCUT2D eigenvalue weighted by atomic mass is 16.5. The van der Waals surface area contributed by atoms with Gasteiger partial charge >= 0.3 is 5.97 Å². The molecule has 4 nitrogen and oxygen atoms in total. The Balaban J connectivity index is 2.64. The molecule has 1 N–H and O–H groups in total. The molecule has 0 bridgehead atoms. The topological polar surface area (TPSA) is 59.4 Å². The van der Waals surface area contributed by atoms with Gasteiger partial charge in [0.15, 0.2) is 0 Å². The monoisotopic (exact) mass is 243 g/mol. The number of pyridine rings is 1. The molecule has 1 heterocycles. The third kappa shape index (κ3) is 2.18. The first-order chi connectivity index (χ1) is 8.63. The van der Waals surface area contributed by atoms with Crippen molar-refractivity contribution in [3.63, 3.8) is 0 Å². The molecule has 1 aromatic carbocycles. The summed E-state index contributed by atoms with van der Waals surface area (Å²) in [5.41, 5.74) is 2.70. The van der Waals surface area contributed by atoms with Crippen molar-refractivity contribution in [3.8, 4) is 16.9 Å². The van der Waals surface area contributed by atoms with Crippen LogP contribution in [0.5, 0.6) is 5.75 Å². The van der Waals surface area contributed by atoms with Gasteiger partial charge in [0.1, 0.15) is 5.75 Å². The van der Waals surface area contributed by atoms with Gasteiger partial charge in [0, 0.05) is 12.4 Å². The largest absolute Gasteiger partial charge is 0.497 e. The molecule has 1 aromatic heterocycles. The third-order valence-electron chi connectivity index (χ3n) is 2.77. The lowest BCUT2D eigenvalue weighted by atomic mass is 9.97. The maximum Gasteiger partial charge on any atom is 0.336 e. The number of benzene rings is 1. The molecule has 0 aliphatic heterocycles. The summed E-state index contributed by atoms with van der Waals surface area (Å²) in [6.07, 6.45) is 3.36. The number of ether oxygens (including phenoxy) is 1. The van der Waals surface area contributed by atoms with E-state index < -0.39 is 5.97 Å². The molecule has 0 saturated carbocycles. The summed E-state index contributed by atoms with van der Waals surface area (Å²) < 4.78 is 5.05. The standard InChI is InChI=1S/C14H13NO3/c1-9-8-15-6-5-11(9)12-4-3-10(18-2)7-13(12)14(16)17/h3-8H,1-2H3,(H,16,17). The van der Waals surface area contributed by atoms with Crippen molar-refractivity contribution in [1.29, 1.82) is 0 Å². The van der Waals surface area contributed by atoms with Gasteiger partial charge in [-0.15, -0.1) is 0 Å². The Kier molecular flexibility index (Phi) is 3.28. The molecule has 0 saturated heterocycles. The Hall–Kier alpha value is -2.36. The summed E-state index contributed by atoms with van der Waals surface area (Å²) in [6, 6.07) is 6.84. The van der Waals surface area contributed by atoms with Crippen LogP contribution in [-0.4, -0.2) is 23.2 Å². The van der Waals surface area contributed by atoms with Crippen LogP contribution < -0.4 is 4.74 Å². The Labute approximate surface area is 105 Å². The molecule has 0 amide bonds. The van der Waals surface area contributed by atoms with Crippen LogP contribution in [0.2, 0.25) is 0 Å². The lowest BCUT2D eigenvalue weighted by molar-refractivity contribution is 0.0697. The molecule has 0 aliphatic carbocycles. The zero-order valence-electron chi connectivity index (χ0n) is 10.2. The van der Waals surface area contributed by atoms with Crippen LogP contribution in [0.25, 0.3) is 11.1 Å². The van der Waals surface area contributed by atoms with Gasteiger partial charge in [-0.05, 0) is 47.9 Å². The van der Waals surface area contributed by atoms with Crippen molar-refractivity contribution in [2.24, 2.45) is 0 Å². The van der Waals surface area contributed by atoms with Crippen molar-refractivity contribution in [1.82, 2.24) is 4.98 Å². The van der Waals surface area contributed by atoms with E-state index in [0.717, 1.165) is 11.1 Å². The highest BCUT2D eigenvalue weighted by Gasteiger charge is 2.14. The number of carboxylic acid groups (broad SMARTS) is 1. The fraction of sp³-hybridized carbons (Fsp3) is 0.143. The zero-order valence-corrected chi connectivity index (χ0v) is 10.2. The quantitative estimate of drug-likeness (QED) is 0.900. The number of hydrogen-bond donors (Lipinski definition) is 1. The minimum Gasteiger partial charge on any atom is -0.497 e. The summed E-state index contributed by atoms with van der Waals surface area (Å²) in [7, 11) is 1.51. The van der Waals surface area contributed by atoms with Crippen molar-refractivity contribution in [2.75, 3.05) is 7.11 Å². The average Bonchev–Trinajstić information content (AvgIpc) is 2.38. The van der Waals surface area contributed by atoms with Gasteiger partial charge in [-0.3, -0.25) is 4.98 Å². The second kappa shape index (κ2) is 4.87. The van der Waals surface area contributed by atoms with E-state index in [4.69, 9.17) is 4.74 Å². The SMILES string of the molecule is COc1ccc(-c2ccncc2C)c(C(=O)O)c1. The van der Waals surface area contributed by atoms with Crippen LogP contribution in [-0.2, 0) is 0 Å². The highest BCUT2D eigenvalue weighted by molar-refractivity contribution is 5.97. The molecule has 0 atom stereocenters. The molecular formula is C14H13NO3. The summed E-state index contributed by atoms with van der Waals surface area (Å²) in [5, 5.41) is 9.27. The minimum absolute atomic E-state index is 0.226. The minimum atomic E-state index is -0.972. The molecule has 0 unspecified atom stereocenters. The van der Waals surface area contributed by atoms with Crippen molar-refractivity contribution in [3.05, 3.63) is 47.8 Å². The molecular weight excluding hydrogens is 230 g/mol. The number of hydrogen-bond acceptors (Lipinski definition) is 3. The number of carbonyl (C=O) groups is 1. The number of aromatic carboxylic acids is 1. The van der Waals surface area contributed by atoms with Gasteiger partial charge in [0.05, 0.1) is 12.7 Å². The lowest BCUT2D eigenvalue weighted by Crippen LogP contribution is -2.01. The van der Waals surface area contributed by atoms with E-state index in [2.05, 4.69) is 4.98 Å². The summed E-state index contributed by atoms with van der Waals surface area (Å²) in [4.78, 5) is 15.3. The number of rotatable bonds is 3. The third-order valence-corrected chi connectivity index (χ3v) is 2.77.